The Labute approximate surface area is 120 Å². The number of anilines is 1. The first-order valence-electron chi connectivity index (χ1n) is 5.94. The van der Waals surface area contributed by atoms with E-state index in [0.29, 0.717) is 11.3 Å². The van der Waals surface area contributed by atoms with Crippen LogP contribution in [0.2, 0.25) is 0 Å². The molecule has 0 bridgehead atoms. The topological polar surface area (TPSA) is 67.4 Å². The molecule has 1 aromatic carbocycles. The molecule has 0 radical (unpaired) electrons. The second kappa shape index (κ2) is 6.72. The van der Waals surface area contributed by atoms with E-state index in [9.17, 15) is 9.59 Å². The minimum atomic E-state index is -0.345. The molecule has 0 saturated carbocycles. The molecular weight excluding hydrogens is 276 g/mol. The lowest BCUT2D eigenvalue weighted by Crippen LogP contribution is -2.32. The Morgan fingerprint density at radius 1 is 1.25 bits per heavy atom. The van der Waals surface area contributed by atoms with Crippen molar-refractivity contribution in [2.45, 2.75) is 0 Å². The van der Waals surface area contributed by atoms with Crippen LogP contribution in [0.1, 0.15) is 10.4 Å². The second-order valence-electron chi connectivity index (χ2n) is 3.94. The van der Waals surface area contributed by atoms with Gasteiger partial charge in [-0.3, -0.25) is 9.59 Å². The van der Waals surface area contributed by atoms with Gasteiger partial charge in [-0.15, -0.1) is 0 Å². The van der Waals surface area contributed by atoms with Crippen molar-refractivity contribution in [3.8, 4) is 5.75 Å². The molecule has 0 aliphatic rings. The summed E-state index contributed by atoms with van der Waals surface area (Å²) >= 11 is 1.49. The molecule has 0 unspecified atom stereocenters. The monoisotopic (exact) mass is 290 g/mol. The first-order valence-corrected chi connectivity index (χ1v) is 6.88. The van der Waals surface area contributed by atoms with Crippen LogP contribution in [0.25, 0.3) is 0 Å². The van der Waals surface area contributed by atoms with Crippen LogP contribution < -0.4 is 15.4 Å². The zero-order chi connectivity index (χ0) is 14.4. The average molecular weight is 290 g/mol. The molecule has 2 N–H and O–H groups in total. The van der Waals surface area contributed by atoms with Crippen LogP contribution in [-0.4, -0.2) is 25.5 Å². The minimum absolute atomic E-state index is 0.0905. The highest BCUT2D eigenvalue weighted by atomic mass is 32.1. The largest absolute Gasteiger partial charge is 0.496 e. The lowest BCUT2D eigenvalue weighted by molar-refractivity contribution is -0.115. The summed E-state index contributed by atoms with van der Waals surface area (Å²) in [7, 11) is 1.50. The molecule has 20 heavy (non-hydrogen) atoms. The smallest absolute Gasteiger partial charge is 0.255 e. The van der Waals surface area contributed by atoms with Crippen molar-refractivity contribution in [1.82, 2.24) is 5.32 Å². The molecule has 0 fully saturated rings. The Balaban J connectivity index is 1.90. The van der Waals surface area contributed by atoms with E-state index in [1.54, 1.807) is 30.3 Å². The van der Waals surface area contributed by atoms with E-state index >= 15 is 0 Å². The maximum atomic E-state index is 12.0. The lowest BCUT2D eigenvalue weighted by Gasteiger charge is -2.09. The van der Waals surface area contributed by atoms with Crippen molar-refractivity contribution in [1.29, 1.82) is 0 Å². The van der Waals surface area contributed by atoms with Gasteiger partial charge in [-0.1, -0.05) is 12.1 Å². The molecule has 0 spiro atoms. The molecule has 6 heteroatoms. The Kier molecular flexibility index (Phi) is 4.73. The number of amides is 2. The van der Waals surface area contributed by atoms with Crippen molar-refractivity contribution in [3.63, 3.8) is 0 Å². The number of carbonyl (C=O) groups is 2. The molecule has 0 aliphatic heterocycles. The number of carbonyl (C=O) groups excluding carboxylic acids is 2. The van der Waals surface area contributed by atoms with Gasteiger partial charge in [-0.2, -0.15) is 11.3 Å². The van der Waals surface area contributed by atoms with Crippen molar-refractivity contribution >= 4 is 28.8 Å². The van der Waals surface area contributed by atoms with Gasteiger partial charge in [0.25, 0.3) is 5.91 Å². The Bertz CT molecular complexity index is 596. The van der Waals surface area contributed by atoms with Crippen LogP contribution in [0.15, 0.2) is 41.1 Å². The van der Waals surface area contributed by atoms with E-state index in [4.69, 9.17) is 4.74 Å². The maximum absolute atomic E-state index is 12.0. The molecule has 1 heterocycles. The van der Waals surface area contributed by atoms with Gasteiger partial charge in [-0.05, 0) is 23.6 Å². The van der Waals surface area contributed by atoms with Crippen molar-refractivity contribution < 1.29 is 14.3 Å². The fourth-order valence-corrected chi connectivity index (χ4v) is 2.22. The molecule has 104 valence electrons. The predicted molar refractivity (Wildman–Crippen MR) is 78.3 cm³/mol. The normalized spacial score (nSPS) is 9.85. The fraction of sp³-hybridized carbons (Fsp3) is 0.143. The van der Waals surface area contributed by atoms with Crippen LogP contribution in [0, 0.1) is 0 Å². The van der Waals surface area contributed by atoms with E-state index in [1.807, 2.05) is 10.8 Å². The summed E-state index contributed by atoms with van der Waals surface area (Å²) in [5, 5.41) is 8.92. The first-order chi connectivity index (χ1) is 9.70. The summed E-state index contributed by atoms with van der Waals surface area (Å²) in [5.74, 6) is -0.141. The molecular formula is C14H14N2O3S. The van der Waals surface area contributed by atoms with E-state index in [2.05, 4.69) is 10.6 Å². The highest BCUT2D eigenvalue weighted by molar-refractivity contribution is 7.08. The number of methoxy groups -OCH3 is 1. The van der Waals surface area contributed by atoms with Gasteiger partial charge in [0, 0.05) is 5.38 Å². The summed E-state index contributed by atoms with van der Waals surface area (Å²) in [6, 6.07) is 8.65. The number of hydrogen-bond donors (Lipinski definition) is 2. The number of nitrogens with one attached hydrogen (secondary N) is 2. The third-order valence-electron chi connectivity index (χ3n) is 2.57. The summed E-state index contributed by atoms with van der Waals surface area (Å²) in [6.07, 6.45) is 0. The SMILES string of the molecule is COc1ccccc1C(=O)NCC(=O)Nc1ccsc1. The summed E-state index contributed by atoms with van der Waals surface area (Å²) in [4.78, 5) is 23.6. The minimum Gasteiger partial charge on any atom is -0.496 e. The number of thiophene rings is 1. The van der Waals surface area contributed by atoms with Gasteiger partial charge in [0.05, 0.1) is 24.9 Å². The van der Waals surface area contributed by atoms with Crippen molar-refractivity contribution in [2.24, 2.45) is 0 Å². The third kappa shape index (κ3) is 3.58. The number of hydrogen-bond acceptors (Lipinski definition) is 4. The van der Waals surface area contributed by atoms with E-state index in [-0.39, 0.29) is 18.4 Å². The van der Waals surface area contributed by atoms with Crippen LogP contribution >= 0.6 is 11.3 Å². The zero-order valence-electron chi connectivity index (χ0n) is 10.9. The summed E-state index contributed by atoms with van der Waals surface area (Å²) in [5.41, 5.74) is 1.13. The van der Waals surface area contributed by atoms with E-state index in [1.165, 1.54) is 18.4 Å². The molecule has 2 rings (SSSR count). The summed E-state index contributed by atoms with van der Waals surface area (Å²) < 4.78 is 5.10. The first kappa shape index (κ1) is 14.1. The summed E-state index contributed by atoms with van der Waals surface area (Å²) in [6.45, 7) is -0.0905. The highest BCUT2D eigenvalue weighted by Gasteiger charge is 2.12. The molecule has 2 amide bonds. The fourth-order valence-electron chi connectivity index (χ4n) is 1.63. The quantitative estimate of drug-likeness (QED) is 0.886. The number of para-hydroxylation sites is 1. The second-order valence-corrected chi connectivity index (χ2v) is 4.72. The van der Waals surface area contributed by atoms with Crippen molar-refractivity contribution in [2.75, 3.05) is 19.0 Å². The molecule has 0 saturated heterocycles. The number of benzene rings is 1. The zero-order valence-corrected chi connectivity index (χ0v) is 11.7. The standard InChI is InChI=1S/C14H14N2O3S/c1-19-12-5-3-2-4-11(12)14(18)15-8-13(17)16-10-6-7-20-9-10/h2-7,9H,8H2,1H3,(H,15,18)(H,16,17). The maximum Gasteiger partial charge on any atom is 0.255 e. The van der Waals surface area contributed by atoms with Gasteiger partial charge in [0.1, 0.15) is 5.75 Å². The van der Waals surface area contributed by atoms with Gasteiger partial charge in [-0.25, -0.2) is 0 Å². The van der Waals surface area contributed by atoms with E-state index < -0.39 is 0 Å². The Morgan fingerprint density at radius 3 is 2.75 bits per heavy atom. The third-order valence-corrected chi connectivity index (χ3v) is 3.25. The molecule has 0 atom stereocenters. The highest BCUT2D eigenvalue weighted by Crippen LogP contribution is 2.16. The number of ether oxygens (including phenoxy) is 1. The lowest BCUT2D eigenvalue weighted by atomic mass is 10.2. The molecule has 5 nitrogen and oxygen atoms in total. The van der Waals surface area contributed by atoms with Crippen LogP contribution in [0.3, 0.4) is 0 Å². The number of rotatable bonds is 5. The van der Waals surface area contributed by atoms with Gasteiger partial charge in [0.2, 0.25) is 5.91 Å². The Morgan fingerprint density at radius 2 is 2.05 bits per heavy atom. The molecule has 2 aromatic rings. The van der Waals surface area contributed by atoms with Gasteiger partial charge >= 0.3 is 0 Å². The molecule has 0 aliphatic carbocycles. The predicted octanol–water partition coefficient (Wildman–Crippen LogP) is 2.13. The van der Waals surface area contributed by atoms with Gasteiger partial charge in [0.15, 0.2) is 0 Å². The van der Waals surface area contributed by atoms with Crippen LogP contribution in [0.5, 0.6) is 5.75 Å². The average Bonchev–Trinajstić information content (AvgIpc) is 2.97. The van der Waals surface area contributed by atoms with E-state index in [0.717, 1.165) is 5.69 Å². The Hall–Kier alpha value is -2.34. The van der Waals surface area contributed by atoms with Gasteiger partial charge < -0.3 is 15.4 Å². The van der Waals surface area contributed by atoms with Crippen LogP contribution in [-0.2, 0) is 4.79 Å². The van der Waals surface area contributed by atoms with Crippen molar-refractivity contribution in [3.05, 3.63) is 46.7 Å². The van der Waals surface area contributed by atoms with Crippen LogP contribution in [0.4, 0.5) is 5.69 Å². The molecule has 1 aromatic heterocycles.